The van der Waals surface area contributed by atoms with Gasteiger partial charge in [-0.2, -0.15) is 0 Å². The highest BCUT2D eigenvalue weighted by Crippen LogP contribution is 2.14. The van der Waals surface area contributed by atoms with Crippen LogP contribution in [0.4, 0.5) is 5.69 Å². The van der Waals surface area contributed by atoms with Crippen molar-refractivity contribution in [3.8, 4) is 5.75 Å². The zero-order valence-electron chi connectivity index (χ0n) is 13.5. The fourth-order valence-corrected chi connectivity index (χ4v) is 2.03. The number of anilines is 1. The molecule has 0 unspecified atom stereocenters. The van der Waals surface area contributed by atoms with Crippen LogP contribution in [-0.4, -0.2) is 30.6 Å². The molecule has 0 radical (unpaired) electrons. The molecule has 0 heterocycles. The van der Waals surface area contributed by atoms with Gasteiger partial charge in [0.1, 0.15) is 5.75 Å². The molecule has 2 rings (SSSR count). The van der Waals surface area contributed by atoms with Crippen molar-refractivity contribution in [1.29, 1.82) is 0 Å². The highest BCUT2D eigenvalue weighted by molar-refractivity contribution is 7.80. The number of ether oxygens (including phenoxy) is 1. The number of thiocarbonyl (C=S) groups is 1. The number of rotatable bonds is 5. The van der Waals surface area contributed by atoms with Gasteiger partial charge in [-0.15, -0.1) is 0 Å². The zero-order valence-corrected chi connectivity index (χ0v) is 14.4. The standard InChI is InChI=1S/C17H18N4O3S/c1-24-14-9-7-13(8-10-14)19-17(25)21-20-15(22)11-18-16(23)12-5-3-2-4-6-12/h2-10H,11H2,1H3,(H,18,23)(H,20,22)(H2,19,21,25). The molecule has 0 saturated heterocycles. The summed E-state index contributed by atoms with van der Waals surface area (Å²) in [6.45, 7) is -0.175. The number of hydrazine groups is 1. The van der Waals surface area contributed by atoms with E-state index in [1.165, 1.54) is 0 Å². The van der Waals surface area contributed by atoms with Crippen LogP contribution in [-0.2, 0) is 4.79 Å². The lowest BCUT2D eigenvalue weighted by Gasteiger charge is -2.12. The summed E-state index contributed by atoms with van der Waals surface area (Å²) in [6, 6.07) is 15.8. The molecule has 0 aliphatic rings. The van der Waals surface area contributed by atoms with Crippen LogP contribution in [0.15, 0.2) is 54.6 Å². The van der Waals surface area contributed by atoms with Gasteiger partial charge in [-0.05, 0) is 48.6 Å². The van der Waals surface area contributed by atoms with Gasteiger partial charge in [0, 0.05) is 11.3 Å². The van der Waals surface area contributed by atoms with Gasteiger partial charge in [0.2, 0.25) is 0 Å². The molecule has 0 aliphatic heterocycles. The molecule has 8 heteroatoms. The lowest BCUT2D eigenvalue weighted by atomic mass is 10.2. The summed E-state index contributed by atoms with van der Waals surface area (Å²) in [7, 11) is 1.58. The largest absolute Gasteiger partial charge is 0.497 e. The van der Waals surface area contributed by atoms with Crippen molar-refractivity contribution in [2.75, 3.05) is 19.0 Å². The topological polar surface area (TPSA) is 91.5 Å². The van der Waals surface area contributed by atoms with Gasteiger partial charge in [-0.1, -0.05) is 18.2 Å². The Labute approximate surface area is 150 Å². The summed E-state index contributed by atoms with van der Waals surface area (Å²) < 4.78 is 5.06. The van der Waals surface area contributed by atoms with Crippen LogP contribution in [0.5, 0.6) is 5.75 Å². The monoisotopic (exact) mass is 358 g/mol. The number of benzene rings is 2. The quantitative estimate of drug-likeness (QED) is 0.478. The molecule has 7 nitrogen and oxygen atoms in total. The maximum Gasteiger partial charge on any atom is 0.257 e. The third kappa shape index (κ3) is 6.11. The van der Waals surface area contributed by atoms with Crippen LogP contribution in [0.25, 0.3) is 0 Å². The molecule has 0 aromatic heterocycles. The summed E-state index contributed by atoms with van der Waals surface area (Å²) >= 11 is 5.07. The molecule has 0 spiro atoms. The summed E-state index contributed by atoms with van der Waals surface area (Å²) in [5, 5.41) is 5.63. The third-order valence-electron chi connectivity index (χ3n) is 3.11. The summed E-state index contributed by atoms with van der Waals surface area (Å²) in [5.41, 5.74) is 6.19. The molecule has 2 aromatic rings. The van der Waals surface area contributed by atoms with E-state index in [-0.39, 0.29) is 17.6 Å². The van der Waals surface area contributed by atoms with E-state index in [0.717, 1.165) is 11.4 Å². The average Bonchev–Trinajstić information content (AvgIpc) is 2.65. The van der Waals surface area contributed by atoms with E-state index in [1.807, 2.05) is 6.07 Å². The van der Waals surface area contributed by atoms with Crippen LogP contribution in [0.2, 0.25) is 0 Å². The minimum Gasteiger partial charge on any atom is -0.497 e. The van der Waals surface area contributed by atoms with Gasteiger partial charge < -0.3 is 15.4 Å². The van der Waals surface area contributed by atoms with Crippen molar-refractivity contribution in [2.45, 2.75) is 0 Å². The zero-order chi connectivity index (χ0) is 18.1. The third-order valence-corrected chi connectivity index (χ3v) is 3.31. The molecule has 4 N–H and O–H groups in total. The predicted molar refractivity (Wildman–Crippen MR) is 99.3 cm³/mol. The van der Waals surface area contributed by atoms with Crippen molar-refractivity contribution in [3.05, 3.63) is 60.2 Å². The molecule has 0 saturated carbocycles. The van der Waals surface area contributed by atoms with Crippen LogP contribution in [0, 0.1) is 0 Å². The van der Waals surface area contributed by atoms with Crippen LogP contribution < -0.4 is 26.2 Å². The van der Waals surface area contributed by atoms with Crippen LogP contribution in [0.3, 0.4) is 0 Å². The molecule has 25 heavy (non-hydrogen) atoms. The Morgan fingerprint density at radius 1 is 1.00 bits per heavy atom. The number of hydrogen-bond acceptors (Lipinski definition) is 4. The number of hydrogen-bond donors (Lipinski definition) is 4. The lowest BCUT2D eigenvalue weighted by Crippen LogP contribution is -2.47. The van der Waals surface area contributed by atoms with Gasteiger partial charge in [-0.3, -0.25) is 20.4 Å². The Morgan fingerprint density at radius 2 is 1.68 bits per heavy atom. The predicted octanol–water partition coefficient (Wildman–Crippen LogP) is 1.44. The van der Waals surface area contributed by atoms with E-state index in [4.69, 9.17) is 17.0 Å². The number of carbonyl (C=O) groups excluding carboxylic acids is 2. The first-order chi connectivity index (χ1) is 12.1. The highest BCUT2D eigenvalue weighted by atomic mass is 32.1. The Balaban J connectivity index is 1.70. The molecule has 0 bridgehead atoms. The van der Waals surface area contributed by atoms with Crippen LogP contribution >= 0.6 is 12.2 Å². The Hall–Kier alpha value is -3.13. The van der Waals surface area contributed by atoms with Crippen molar-refractivity contribution < 1.29 is 14.3 Å². The minimum atomic E-state index is -0.428. The van der Waals surface area contributed by atoms with E-state index in [2.05, 4.69) is 21.5 Å². The first kappa shape index (κ1) is 18.2. The Kier molecular flexibility index (Phi) is 6.73. The first-order valence-corrected chi connectivity index (χ1v) is 7.82. The van der Waals surface area contributed by atoms with Gasteiger partial charge in [0.25, 0.3) is 11.8 Å². The van der Waals surface area contributed by atoms with Gasteiger partial charge in [0.15, 0.2) is 5.11 Å². The van der Waals surface area contributed by atoms with Gasteiger partial charge in [-0.25, -0.2) is 0 Å². The highest BCUT2D eigenvalue weighted by Gasteiger charge is 2.07. The summed E-state index contributed by atoms with van der Waals surface area (Å²) in [6.07, 6.45) is 0. The van der Waals surface area contributed by atoms with E-state index in [0.29, 0.717) is 5.56 Å². The molecule has 0 atom stereocenters. The van der Waals surface area contributed by atoms with Crippen molar-refractivity contribution in [2.24, 2.45) is 0 Å². The Morgan fingerprint density at radius 3 is 2.32 bits per heavy atom. The fraction of sp³-hybridized carbons (Fsp3) is 0.118. The van der Waals surface area contributed by atoms with Gasteiger partial charge >= 0.3 is 0 Å². The second kappa shape index (κ2) is 9.24. The number of amides is 2. The molecule has 0 aliphatic carbocycles. The molecule has 0 fully saturated rings. The molecular formula is C17H18N4O3S. The second-order valence-electron chi connectivity index (χ2n) is 4.90. The smallest absolute Gasteiger partial charge is 0.257 e. The summed E-state index contributed by atoms with van der Waals surface area (Å²) in [4.78, 5) is 23.5. The van der Waals surface area contributed by atoms with E-state index < -0.39 is 5.91 Å². The fourth-order valence-electron chi connectivity index (χ4n) is 1.86. The van der Waals surface area contributed by atoms with E-state index in [1.54, 1.807) is 55.6 Å². The average molecular weight is 358 g/mol. The van der Waals surface area contributed by atoms with Crippen molar-refractivity contribution in [1.82, 2.24) is 16.2 Å². The molecule has 2 aromatic carbocycles. The second-order valence-corrected chi connectivity index (χ2v) is 5.31. The number of carbonyl (C=O) groups is 2. The summed E-state index contributed by atoms with van der Waals surface area (Å²) in [5.74, 6) is -0.0234. The van der Waals surface area contributed by atoms with E-state index >= 15 is 0 Å². The van der Waals surface area contributed by atoms with Crippen molar-refractivity contribution in [3.63, 3.8) is 0 Å². The van der Waals surface area contributed by atoms with Crippen molar-refractivity contribution >= 4 is 34.8 Å². The SMILES string of the molecule is COc1ccc(NC(=S)NNC(=O)CNC(=O)c2ccccc2)cc1. The van der Waals surface area contributed by atoms with Crippen LogP contribution in [0.1, 0.15) is 10.4 Å². The molecular weight excluding hydrogens is 340 g/mol. The van der Waals surface area contributed by atoms with Gasteiger partial charge in [0.05, 0.1) is 13.7 Å². The normalized spacial score (nSPS) is 9.64. The maximum absolute atomic E-state index is 11.8. The molecule has 130 valence electrons. The maximum atomic E-state index is 11.8. The number of methoxy groups -OCH3 is 1. The van der Waals surface area contributed by atoms with E-state index in [9.17, 15) is 9.59 Å². The lowest BCUT2D eigenvalue weighted by molar-refractivity contribution is -0.120. The number of nitrogens with one attached hydrogen (secondary N) is 4. The minimum absolute atomic E-state index is 0.175. The molecule has 2 amide bonds. The Bertz CT molecular complexity index is 735. The first-order valence-electron chi connectivity index (χ1n) is 7.41.